The molecular formula is C11H22N2O3S. The van der Waals surface area contributed by atoms with Gasteiger partial charge < -0.3 is 4.74 Å². The van der Waals surface area contributed by atoms with Crippen molar-refractivity contribution in [2.75, 3.05) is 39.4 Å². The summed E-state index contributed by atoms with van der Waals surface area (Å²) in [5, 5.41) is 0. The van der Waals surface area contributed by atoms with Gasteiger partial charge in [-0.25, -0.2) is 0 Å². The molecule has 2 rings (SSSR count). The Kier molecular flexibility index (Phi) is 4.41. The van der Waals surface area contributed by atoms with E-state index in [2.05, 4.69) is 6.92 Å². The molecule has 0 unspecified atom stereocenters. The number of nitrogens with zero attached hydrogens (tertiary/aromatic N) is 2. The maximum Gasteiger partial charge on any atom is 0.282 e. The molecule has 0 atom stereocenters. The van der Waals surface area contributed by atoms with Gasteiger partial charge in [0.2, 0.25) is 0 Å². The molecule has 5 nitrogen and oxygen atoms in total. The molecule has 6 heteroatoms. The molecule has 0 radical (unpaired) electrons. The Balaban J connectivity index is 1.96. The minimum absolute atomic E-state index is 0.496. The van der Waals surface area contributed by atoms with Crippen molar-refractivity contribution in [2.24, 2.45) is 5.92 Å². The molecule has 0 aromatic rings. The first-order valence-corrected chi connectivity index (χ1v) is 7.87. The second-order valence-corrected chi connectivity index (χ2v) is 6.70. The molecule has 2 saturated heterocycles. The van der Waals surface area contributed by atoms with Gasteiger partial charge in [-0.3, -0.25) is 0 Å². The van der Waals surface area contributed by atoms with Gasteiger partial charge in [0, 0.05) is 26.2 Å². The van der Waals surface area contributed by atoms with Crippen LogP contribution < -0.4 is 0 Å². The van der Waals surface area contributed by atoms with E-state index in [-0.39, 0.29) is 0 Å². The lowest BCUT2D eigenvalue weighted by Crippen LogP contribution is -2.50. The predicted octanol–water partition coefficient (Wildman–Crippen LogP) is 0.685. The molecule has 0 aliphatic carbocycles. The largest absolute Gasteiger partial charge is 0.379 e. The van der Waals surface area contributed by atoms with Gasteiger partial charge in [0.25, 0.3) is 10.2 Å². The lowest BCUT2D eigenvalue weighted by molar-refractivity contribution is 0.0693. The van der Waals surface area contributed by atoms with E-state index in [0.29, 0.717) is 45.3 Å². The van der Waals surface area contributed by atoms with E-state index in [9.17, 15) is 8.42 Å². The zero-order valence-corrected chi connectivity index (χ0v) is 11.3. The predicted molar refractivity (Wildman–Crippen MR) is 65.9 cm³/mol. The summed E-state index contributed by atoms with van der Waals surface area (Å²) in [6.07, 6.45) is 3.16. The quantitative estimate of drug-likeness (QED) is 0.752. The molecule has 0 amide bonds. The van der Waals surface area contributed by atoms with Crippen LogP contribution in [0.15, 0.2) is 0 Å². The zero-order valence-electron chi connectivity index (χ0n) is 10.5. The van der Waals surface area contributed by atoms with Gasteiger partial charge in [-0.1, -0.05) is 13.3 Å². The molecular weight excluding hydrogens is 240 g/mol. The van der Waals surface area contributed by atoms with Gasteiger partial charge in [-0.15, -0.1) is 0 Å². The van der Waals surface area contributed by atoms with Gasteiger partial charge in [-0.05, 0) is 18.8 Å². The lowest BCUT2D eigenvalue weighted by atomic mass is 9.96. The van der Waals surface area contributed by atoms with E-state index >= 15 is 0 Å². The summed E-state index contributed by atoms with van der Waals surface area (Å²) < 4.78 is 33.1. The summed E-state index contributed by atoms with van der Waals surface area (Å²) in [5.41, 5.74) is 0. The first-order chi connectivity index (χ1) is 8.14. The highest BCUT2D eigenvalue weighted by Crippen LogP contribution is 2.23. The summed E-state index contributed by atoms with van der Waals surface area (Å²) in [6, 6.07) is 0. The summed E-state index contributed by atoms with van der Waals surface area (Å²) in [7, 11) is -3.23. The van der Waals surface area contributed by atoms with Crippen LogP contribution in [-0.2, 0) is 14.9 Å². The molecule has 0 spiro atoms. The molecule has 17 heavy (non-hydrogen) atoms. The maximum absolute atomic E-state index is 12.3. The molecule has 0 saturated carbocycles. The van der Waals surface area contributed by atoms with Gasteiger partial charge in [0.1, 0.15) is 0 Å². The van der Waals surface area contributed by atoms with E-state index in [1.54, 1.807) is 8.61 Å². The van der Waals surface area contributed by atoms with Crippen molar-refractivity contribution >= 4 is 10.2 Å². The van der Waals surface area contributed by atoms with Gasteiger partial charge in [-0.2, -0.15) is 17.0 Å². The van der Waals surface area contributed by atoms with Gasteiger partial charge >= 0.3 is 0 Å². The van der Waals surface area contributed by atoms with Crippen molar-refractivity contribution in [3.63, 3.8) is 0 Å². The fourth-order valence-electron chi connectivity index (χ4n) is 2.49. The third kappa shape index (κ3) is 2.99. The first-order valence-electron chi connectivity index (χ1n) is 6.47. The molecule has 0 aromatic carbocycles. The molecule has 2 heterocycles. The van der Waals surface area contributed by atoms with Crippen LogP contribution >= 0.6 is 0 Å². The molecule has 2 aliphatic rings. The Bertz CT molecular complexity index is 331. The number of hydrogen-bond donors (Lipinski definition) is 0. The second kappa shape index (κ2) is 5.65. The van der Waals surface area contributed by atoms with E-state index in [1.807, 2.05) is 0 Å². The van der Waals surface area contributed by atoms with Crippen molar-refractivity contribution in [1.29, 1.82) is 0 Å². The average molecular weight is 262 g/mol. The fourth-order valence-corrected chi connectivity index (χ4v) is 4.10. The van der Waals surface area contributed by atoms with Crippen molar-refractivity contribution < 1.29 is 13.2 Å². The SMILES string of the molecule is CCC1CCN(S(=O)(=O)N2CCOCC2)CC1. The lowest BCUT2D eigenvalue weighted by Gasteiger charge is -2.35. The van der Waals surface area contributed by atoms with Crippen LogP contribution in [0, 0.1) is 5.92 Å². The summed E-state index contributed by atoms with van der Waals surface area (Å²) in [6.45, 7) is 5.56. The normalized spacial score (nSPS) is 26.2. The zero-order chi connectivity index (χ0) is 12.3. The van der Waals surface area contributed by atoms with Gasteiger partial charge in [0.15, 0.2) is 0 Å². The van der Waals surface area contributed by atoms with E-state index in [4.69, 9.17) is 4.74 Å². The smallest absolute Gasteiger partial charge is 0.282 e. The minimum Gasteiger partial charge on any atom is -0.379 e. The Morgan fingerprint density at radius 1 is 1.06 bits per heavy atom. The van der Waals surface area contributed by atoms with E-state index in [0.717, 1.165) is 19.3 Å². The first kappa shape index (κ1) is 13.3. The molecule has 2 fully saturated rings. The number of hydrogen-bond acceptors (Lipinski definition) is 3. The monoisotopic (exact) mass is 262 g/mol. The second-order valence-electron chi connectivity index (χ2n) is 4.77. The van der Waals surface area contributed by atoms with Crippen molar-refractivity contribution in [3.05, 3.63) is 0 Å². The third-order valence-electron chi connectivity index (χ3n) is 3.77. The van der Waals surface area contributed by atoms with Gasteiger partial charge in [0.05, 0.1) is 13.2 Å². The molecule has 0 bridgehead atoms. The molecule has 0 N–H and O–H groups in total. The van der Waals surface area contributed by atoms with Crippen molar-refractivity contribution in [1.82, 2.24) is 8.61 Å². The minimum atomic E-state index is -3.23. The third-order valence-corrected chi connectivity index (χ3v) is 5.81. The van der Waals surface area contributed by atoms with Crippen LogP contribution in [-0.4, -0.2) is 56.4 Å². The summed E-state index contributed by atoms with van der Waals surface area (Å²) >= 11 is 0. The summed E-state index contributed by atoms with van der Waals surface area (Å²) in [5.74, 6) is 0.700. The van der Waals surface area contributed by atoms with Crippen LogP contribution in [0.4, 0.5) is 0 Å². The number of morpholine rings is 1. The highest BCUT2D eigenvalue weighted by Gasteiger charge is 2.33. The Hall–Kier alpha value is -0.170. The molecule has 100 valence electrons. The fraction of sp³-hybridized carbons (Fsp3) is 1.00. The summed E-state index contributed by atoms with van der Waals surface area (Å²) in [4.78, 5) is 0. The maximum atomic E-state index is 12.3. The van der Waals surface area contributed by atoms with E-state index in [1.165, 1.54) is 0 Å². The van der Waals surface area contributed by atoms with Crippen LogP contribution in [0.5, 0.6) is 0 Å². The number of ether oxygens (including phenoxy) is 1. The Morgan fingerprint density at radius 3 is 2.12 bits per heavy atom. The number of rotatable bonds is 3. The standard InChI is InChI=1S/C11H22N2O3S/c1-2-11-3-5-12(6-4-11)17(14,15)13-7-9-16-10-8-13/h11H,2-10H2,1H3. The molecule has 2 aliphatic heterocycles. The number of piperidine rings is 1. The van der Waals surface area contributed by atoms with Crippen LogP contribution in [0.25, 0.3) is 0 Å². The Morgan fingerprint density at radius 2 is 1.59 bits per heavy atom. The highest BCUT2D eigenvalue weighted by molar-refractivity contribution is 7.86. The van der Waals surface area contributed by atoms with Crippen LogP contribution in [0.3, 0.4) is 0 Å². The van der Waals surface area contributed by atoms with Crippen LogP contribution in [0.2, 0.25) is 0 Å². The Labute approximate surface area is 104 Å². The van der Waals surface area contributed by atoms with E-state index < -0.39 is 10.2 Å². The average Bonchev–Trinajstić information content (AvgIpc) is 2.40. The highest BCUT2D eigenvalue weighted by atomic mass is 32.2. The topological polar surface area (TPSA) is 49.9 Å². The van der Waals surface area contributed by atoms with Crippen LogP contribution in [0.1, 0.15) is 26.2 Å². The van der Waals surface area contributed by atoms with Crippen molar-refractivity contribution in [2.45, 2.75) is 26.2 Å². The van der Waals surface area contributed by atoms with Crippen molar-refractivity contribution in [3.8, 4) is 0 Å². The molecule has 0 aromatic heterocycles.